The molecule has 0 fully saturated rings. The third kappa shape index (κ3) is 1.59. The largest absolute Gasteiger partial charge is 0.347 e. The summed E-state index contributed by atoms with van der Waals surface area (Å²) in [6.45, 7) is 0.729. The summed E-state index contributed by atoms with van der Waals surface area (Å²) in [4.78, 5) is 16.8. The highest BCUT2D eigenvalue weighted by atomic mass is 16.2. The number of hydrogen-bond acceptors (Lipinski definition) is 1. The number of para-hydroxylation sites is 1. The van der Waals surface area contributed by atoms with Crippen LogP contribution < -0.4 is 4.90 Å². The Kier molecular flexibility index (Phi) is 2.08. The van der Waals surface area contributed by atoms with E-state index < -0.39 is 0 Å². The van der Waals surface area contributed by atoms with E-state index in [0.29, 0.717) is 0 Å². The SMILES string of the molecule is O=C1N=CCCN1c1ccccc1. The van der Waals surface area contributed by atoms with Crippen LogP contribution in [0.2, 0.25) is 0 Å². The first kappa shape index (κ1) is 7.98. The maximum Gasteiger partial charge on any atom is 0.347 e. The summed E-state index contributed by atoms with van der Waals surface area (Å²) < 4.78 is 0. The smallest absolute Gasteiger partial charge is 0.292 e. The first-order valence-electron chi connectivity index (χ1n) is 4.27. The molecule has 1 aliphatic rings. The molecule has 1 aliphatic heterocycles. The first-order chi connectivity index (χ1) is 6.38. The second-order valence-electron chi connectivity index (χ2n) is 2.87. The lowest BCUT2D eigenvalue weighted by Crippen LogP contribution is -2.32. The van der Waals surface area contributed by atoms with Gasteiger partial charge in [-0.1, -0.05) is 18.2 Å². The highest BCUT2D eigenvalue weighted by molar-refractivity contribution is 5.98. The van der Waals surface area contributed by atoms with Gasteiger partial charge in [-0.15, -0.1) is 0 Å². The van der Waals surface area contributed by atoms with E-state index in [-0.39, 0.29) is 6.03 Å². The van der Waals surface area contributed by atoms with Crippen LogP contribution in [-0.2, 0) is 0 Å². The molecule has 3 nitrogen and oxygen atoms in total. The highest BCUT2D eigenvalue weighted by Gasteiger charge is 2.15. The molecule has 0 N–H and O–H groups in total. The molecule has 1 aromatic rings. The second-order valence-corrected chi connectivity index (χ2v) is 2.87. The average molecular weight is 174 g/mol. The van der Waals surface area contributed by atoms with Gasteiger partial charge in [0.2, 0.25) is 0 Å². The van der Waals surface area contributed by atoms with Crippen LogP contribution in [0.15, 0.2) is 35.3 Å². The highest BCUT2D eigenvalue weighted by Crippen LogP contribution is 2.16. The first-order valence-corrected chi connectivity index (χ1v) is 4.27. The lowest BCUT2D eigenvalue weighted by Gasteiger charge is -2.21. The van der Waals surface area contributed by atoms with Gasteiger partial charge in [0.1, 0.15) is 0 Å². The van der Waals surface area contributed by atoms with Gasteiger partial charge < -0.3 is 0 Å². The van der Waals surface area contributed by atoms with Crippen molar-refractivity contribution >= 4 is 17.9 Å². The van der Waals surface area contributed by atoms with E-state index in [1.54, 1.807) is 11.1 Å². The fraction of sp³-hybridized carbons (Fsp3) is 0.200. The lowest BCUT2D eigenvalue weighted by molar-refractivity contribution is 0.254. The second kappa shape index (κ2) is 3.39. The summed E-state index contributed by atoms with van der Waals surface area (Å²) in [7, 11) is 0. The summed E-state index contributed by atoms with van der Waals surface area (Å²) in [6, 6.07) is 9.43. The summed E-state index contributed by atoms with van der Waals surface area (Å²) in [5, 5.41) is 0. The minimum atomic E-state index is -0.169. The van der Waals surface area contributed by atoms with E-state index in [0.717, 1.165) is 18.7 Å². The van der Waals surface area contributed by atoms with Gasteiger partial charge in [0.25, 0.3) is 0 Å². The molecule has 66 valence electrons. The predicted molar refractivity (Wildman–Crippen MR) is 52.3 cm³/mol. The maximum atomic E-state index is 11.3. The van der Waals surface area contributed by atoms with Crippen molar-refractivity contribution < 1.29 is 4.79 Å². The molecule has 0 saturated heterocycles. The zero-order valence-electron chi connectivity index (χ0n) is 7.18. The Morgan fingerprint density at radius 3 is 2.69 bits per heavy atom. The van der Waals surface area contributed by atoms with Crippen molar-refractivity contribution in [2.75, 3.05) is 11.4 Å². The van der Waals surface area contributed by atoms with Crippen molar-refractivity contribution in [3.63, 3.8) is 0 Å². The monoisotopic (exact) mass is 174 g/mol. The molecular weight excluding hydrogens is 164 g/mol. The average Bonchev–Trinajstić information content (AvgIpc) is 2.20. The van der Waals surface area contributed by atoms with Crippen LogP contribution in [0, 0.1) is 0 Å². The van der Waals surface area contributed by atoms with Crippen molar-refractivity contribution in [1.29, 1.82) is 0 Å². The maximum absolute atomic E-state index is 11.3. The molecule has 1 heterocycles. The van der Waals surface area contributed by atoms with Gasteiger partial charge in [-0.05, 0) is 12.1 Å². The molecule has 2 rings (SSSR count). The van der Waals surface area contributed by atoms with E-state index in [2.05, 4.69) is 4.99 Å². The Balaban J connectivity index is 2.27. The van der Waals surface area contributed by atoms with E-state index in [4.69, 9.17) is 0 Å². The Morgan fingerprint density at radius 1 is 1.23 bits per heavy atom. The zero-order chi connectivity index (χ0) is 9.10. The molecule has 0 aliphatic carbocycles. The van der Waals surface area contributed by atoms with E-state index in [9.17, 15) is 4.79 Å². The third-order valence-corrected chi connectivity index (χ3v) is 1.98. The number of carbonyl (C=O) groups excluding carboxylic acids is 1. The minimum absolute atomic E-state index is 0.169. The van der Waals surface area contributed by atoms with Gasteiger partial charge in [0.15, 0.2) is 0 Å². The number of amides is 2. The molecule has 1 aromatic carbocycles. The van der Waals surface area contributed by atoms with Crippen LogP contribution in [0.3, 0.4) is 0 Å². The molecular formula is C10H10N2O. The van der Waals surface area contributed by atoms with Gasteiger partial charge in [0, 0.05) is 24.9 Å². The minimum Gasteiger partial charge on any atom is -0.292 e. The molecule has 0 saturated carbocycles. The summed E-state index contributed by atoms with van der Waals surface area (Å²) in [6.07, 6.45) is 2.50. The van der Waals surface area contributed by atoms with Gasteiger partial charge in [-0.25, -0.2) is 9.79 Å². The number of carbonyl (C=O) groups is 1. The summed E-state index contributed by atoms with van der Waals surface area (Å²) in [5.74, 6) is 0. The van der Waals surface area contributed by atoms with Crippen LogP contribution in [0.1, 0.15) is 6.42 Å². The molecule has 0 unspecified atom stereocenters. The number of anilines is 1. The quantitative estimate of drug-likeness (QED) is 0.641. The third-order valence-electron chi connectivity index (χ3n) is 1.98. The Morgan fingerprint density at radius 2 is 2.00 bits per heavy atom. The van der Waals surface area contributed by atoms with Crippen molar-refractivity contribution in [3.8, 4) is 0 Å². The van der Waals surface area contributed by atoms with Crippen molar-refractivity contribution in [3.05, 3.63) is 30.3 Å². The Bertz CT molecular complexity index is 332. The predicted octanol–water partition coefficient (Wildman–Crippen LogP) is 2.09. The molecule has 3 heteroatoms. The molecule has 0 atom stereocenters. The number of nitrogens with zero attached hydrogens (tertiary/aromatic N) is 2. The number of hydrogen-bond donors (Lipinski definition) is 0. The normalized spacial score (nSPS) is 16.3. The van der Waals surface area contributed by atoms with Gasteiger partial charge >= 0.3 is 6.03 Å². The fourth-order valence-corrected chi connectivity index (χ4v) is 1.34. The van der Waals surface area contributed by atoms with E-state index in [1.807, 2.05) is 30.3 Å². The topological polar surface area (TPSA) is 32.7 Å². The van der Waals surface area contributed by atoms with Crippen molar-refractivity contribution in [1.82, 2.24) is 0 Å². The van der Waals surface area contributed by atoms with Crippen molar-refractivity contribution in [2.45, 2.75) is 6.42 Å². The van der Waals surface area contributed by atoms with Crippen LogP contribution in [0.4, 0.5) is 10.5 Å². The van der Waals surface area contributed by atoms with Gasteiger partial charge in [0.05, 0.1) is 0 Å². The standard InChI is InChI=1S/C10H10N2O/c13-10-11-7-4-8-12(10)9-5-2-1-3-6-9/h1-3,5-7H,4,8H2. The molecule has 0 aromatic heterocycles. The summed E-state index contributed by atoms with van der Waals surface area (Å²) >= 11 is 0. The summed E-state index contributed by atoms with van der Waals surface area (Å²) in [5.41, 5.74) is 0.921. The molecule has 0 spiro atoms. The molecule has 0 bridgehead atoms. The number of urea groups is 1. The van der Waals surface area contributed by atoms with Crippen LogP contribution >= 0.6 is 0 Å². The molecule has 2 amide bonds. The van der Waals surface area contributed by atoms with Crippen molar-refractivity contribution in [2.24, 2.45) is 4.99 Å². The molecule has 0 radical (unpaired) electrons. The van der Waals surface area contributed by atoms with Crippen LogP contribution in [0.25, 0.3) is 0 Å². The van der Waals surface area contributed by atoms with Gasteiger partial charge in [-0.3, -0.25) is 4.90 Å². The number of benzene rings is 1. The fourth-order valence-electron chi connectivity index (χ4n) is 1.34. The van der Waals surface area contributed by atoms with E-state index in [1.165, 1.54) is 0 Å². The number of aliphatic imine (C=N–C) groups is 1. The Labute approximate surface area is 76.7 Å². The van der Waals surface area contributed by atoms with Gasteiger partial charge in [-0.2, -0.15) is 0 Å². The Hall–Kier alpha value is -1.64. The zero-order valence-corrected chi connectivity index (χ0v) is 7.18. The molecule has 13 heavy (non-hydrogen) atoms. The lowest BCUT2D eigenvalue weighted by atomic mass is 10.2. The van der Waals surface area contributed by atoms with Crippen LogP contribution in [-0.4, -0.2) is 18.8 Å². The van der Waals surface area contributed by atoms with Crippen LogP contribution in [0.5, 0.6) is 0 Å². The van der Waals surface area contributed by atoms with E-state index >= 15 is 0 Å². The number of rotatable bonds is 1.